The van der Waals surface area contributed by atoms with Crippen molar-refractivity contribution in [2.45, 2.75) is 6.92 Å². The lowest BCUT2D eigenvalue weighted by Gasteiger charge is -2.26. The molecule has 1 N–H and O–H groups in total. The van der Waals surface area contributed by atoms with Gasteiger partial charge in [0.15, 0.2) is 11.5 Å². The molecule has 0 radical (unpaired) electrons. The Kier molecular flexibility index (Phi) is 4.19. The molecule has 27 heavy (non-hydrogen) atoms. The topological polar surface area (TPSA) is 84.9 Å². The molecule has 4 rings (SSSR count). The molecule has 2 aliphatic rings. The van der Waals surface area contributed by atoms with Gasteiger partial charge >= 0.3 is 6.03 Å². The number of hydrogen-bond acceptors (Lipinski definition) is 5. The summed E-state index contributed by atoms with van der Waals surface area (Å²) < 4.78 is 11.3. The van der Waals surface area contributed by atoms with E-state index in [0.717, 1.165) is 10.5 Å². The monoisotopic (exact) mass is 428 g/mol. The smallest absolute Gasteiger partial charge is 0.335 e. The van der Waals surface area contributed by atoms with Crippen LogP contribution >= 0.6 is 15.9 Å². The number of fused-ring (bicyclic) bond motifs is 1. The predicted octanol–water partition coefficient (Wildman–Crippen LogP) is 3.15. The molecule has 8 heteroatoms. The van der Waals surface area contributed by atoms with Gasteiger partial charge in [0.2, 0.25) is 6.79 Å². The number of aryl methyl sites for hydroxylation is 1. The molecule has 4 amide bonds. The molecular formula is C19H13BrN2O5. The molecule has 7 nitrogen and oxygen atoms in total. The quantitative estimate of drug-likeness (QED) is 0.586. The summed E-state index contributed by atoms with van der Waals surface area (Å²) in [6.07, 6.45) is 1.42. The molecule has 0 spiro atoms. The van der Waals surface area contributed by atoms with Crippen LogP contribution in [-0.4, -0.2) is 24.6 Å². The van der Waals surface area contributed by atoms with E-state index in [1.165, 1.54) is 6.08 Å². The fourth-order valence-electron chi connectivity index (χ4n) is 2.86. The Labute approximate surface area is 162 Å². The normalized spacial score (nSPS) is 17.5. The molecule has 2 heterocycles. The number of ether oxygens (including phenoxy) is 2. The Morgan fingerprint density at radius 3 is 2.59 bits per heavy atom. The van der Waals surface area contributed by atoms with Gasteiger partial charge in [-0.1, -0.05) is 28.1 Å². The third-order valence-corrected chi connectivity index (χ3v) is 4.84. The van der Waals surface area contributed by atoms with Crippen molar-refractivity contribution >= 4 is 45.5 Å². The third kappa shape index (κ3) is 3.08. The number of carbonyl (C=O) groups excluding carboxylic acids is 3. The van der Waals surface area contributed by atoms with Gasteiger partial charge in [0.25, 0.3) is 11.8 Å². The Morgan fingerprint density at radius 2 is 1.85 bits per heavy atom. The molecule has 2 aliphatic heterocycles. The van der Waals surface area contributed by atoms with E-state index in [2.05, 4.69) is 21.2 Å². The molecule has 0 aliphatic carbocycles. The van der Waals surface area contributed by atoms with Gasteiger partial charge in [0, 0.05) is 4.47 Å². The molecular weight excluding hydrogens is 416 g/mol. The summed E-state index contributed by atoms with van der Waals surface area (Å²) in [5, 5.41) is 2.21. The molecule has 1 saturated heterocycles. The zero-order valence-electron chi connectivity index (χ0n) is 14.1. The first kappa shape index (κ1) is 17.3. The number of benzene rings is 2. The largest absolute Gasteiger partial charge is 0.454 e. The first-order valence-electron chi connectivity index (χ1n) is 8.01. The van der Waals surface area contributed by atoms with E-state index in [9.17, 15) is 14.4 Å². The van der Waals surface area contributed by atoms with Crippen molar-refractivity contribution in [3.63, 3.8) is 0 Å². The van der Waals surface area contributed by atoms with Crippen molar-refractivity contribution in [3.05, 3.63) is 57.6 Å². The molecule has 2 aromatic carbocycles. The molecule has 0 bridgehead atoms. The number of urea groups is 1. The highest BCUT2D eigenvalue weighted by molar-refractivity contribution is 9.10. The first-order chi connectivity index (χ1) is 12.9. The van der Waals surface area contributed by atoms with Crippen molar-refractivity contribution in [1.82, 2.24) is 5.32 Å². The van der Waals surface area contributed by atoms with Crippen LogP contribution in [-0.2, 0) is 9.59 Å². The second-order valence-electron chi connectivity index (χ2n) is 6.02. The summed E-state index contributed by atoms with van der Waals surface area (Å²) in [5.41, 5.74) is 1.67. The second kappa shape index (κ2) is 6.55. The van der Waals surface area contributed by atoms with Crippen LogP contribution in [0.1, 0.15) is 11.1 Å². The Balaban J connectivity index is 1.76. The van der Waals surface area contributed by atoms with E-state index < -0.39 is 17.8 Å². The standard InChI is InChI=1S/C19H13BrN2O5/c1-10-3-2-4-12(5-10)22-18(24)13(17(23)21-19(22)25)6-11-7-15-16(8-14(11)20)27-9-26-15/h2-8H,9H2,1H3,(H,21,23,25)/b13-6-. The van der Waals surface area contributed by atoms with Gasteiger partial charge in [-0.3, -0.25) is 14.9 Å². The highest BCUT2D eigenvalue weighted by Crippen LogP contribution is 2.38. The average molecular weight is 429 g/mol. The Hall–Kier alpha value is -3.13. The van der Waals surface area contributed by atoms with Crippen molar-refractivity contribution < 1.29 is 23.9 Å². The molecule has 136 valence electrons. The molecule has 1 fully saturated rings. The number of imide groups is 2. The average Bonchev–Trinajstić information content (AvgIpc) is 3.05. The summed E-state index contributed by atoms with van der Waals surface area (Å²) in [6.45, 7) is 1.96. The number of amides is 4. The second-order valence-corrected chi connectivity index (χ2v) is 6.88. The van der Waals surface area contributed by atoms with Gasteiger partial charge in [0.1, 0.15) is 5.57 Å². The van der Waals surface area contributed by atoms with E-state index in [4.69, 9.17) is 9.47 Å². The summed E-state index contributed by atoms with van der Waals surface area (Å²) >= 11 is 3.39. The van der Waals surface area contributed by atoms with Gasteiger partial charge in [-0.2, -0.15) is 0 Å². The number of hydrogen-bond donors (Lipinski definition) is 1. The van der Waals surface area contributed by atoms with E-state index >= 15 is 0 Å². The van der Waals surface area contributed by atoms with E-state index in [1.54, 1.807) is 30.3 Å². The van der Waals surface area contributed by atoms with Crippen LogP contribution < -0.4 is 19.7 Å². The molecule has 0 saturated carbocycles. The molecule has 0 aromatic heterocycles. The van der Waals surface area contributed by atoms with Gasteiger partial charge in [-0.25, -0.2) is 9.69 Å². The van der Waals surface area contributed by atoms with Crippen LogP contribution in [0.4, 0.5) is 10.5 Å². The van der Waals surface area contributed by atoms with Crippen molar-refractivity contribution in [3.8, 4) is 11.5 Å². The van der Waals surface area contributed by atoms with Crippen molar-refractivity contribution in [2.24, 2.45) is 0 Å². The van der Waals surface area contributed by atoms with Crippen LogP contribution in [0, 0.1) is 6.92 Å². The zero-order chi connectivity index (χ0) is 19.1. The number of nitrogens with one attached hydrogen (secondary N) is 1. The maximum absolute atomic E-state index is 12.9. The van der Waals surface area contributed by atoms with Gasteiger partial charge in [-0.15, -0.1) is 0 Å². The third-order valence-electron chi connectivity index (χ3n) is 4.15. The number of nitrogens with zero attached hydrogens (tertiary/aromatic N) is 1. The summed E-state index contributed by atoms with van der Waals surface area (Å²) in [5.74, 6) is -0.363. The van der Waals surface area contributed by atoms with Crippen LogP contribution in [0.5, 0.6) is 11.5 Å². The van der Waals surface area contributed by atoms with Crippen molar-refractivity contribution in [2.75, 3.05) is 11.7 Å². The minimum Gasteiger partial charge on any atom is -0.454 e. The van der Waals surface area contributed by atoms with Crippen LogP contribution in [0.15, 0.2) is 46.4 Å². The summed E-state index contributed by atoms with van der Waals surface area (Å²) in [6, 6.07) is 9.49. The molecule has 0 unspecified atom stereocenters. The van der Waals surface area contributed by atoms with Crippen molar-refractivity contribution in [1.29, 1.82) is 0 Å². The lowest BCUT2D eigenvalue weighted by atomic mass is 10.1. The van der Waals surface area contributed by atoms with Crippen LogP contribution in [0.2, 0.25) is 0 Å². The number of halogens is 1. The lowest BCUT2D eigenvalue weighted by Crippen LogP contribution is -2.54. The minimum atomic E-state index is -0.780. The highest BCUT2D eigenvalue weighted by Gasteiger charge is 2.37. The van der Waals surface area contributed by atoms with Crippen LogP contribution in [0.3, 0.4) is 0 Å². The highest BCUT2D eigenvalue weighted by atomic mass is 79.9. The predicted molar refractivity (Wildman–Crippen MR) is 100 cm³/mol. The van der Waals surface area contributed by atoms with Gasteiger partial charge < -0.3 is 9.47 Å². The lowest BCUT2D eigenvalue weighted by molar-refractivity contribution is -0.122. The maximum Gasteiger partial charge on any atom is 0.335 e. The summed E-state index contributed by atoms with van der Waals surface area (Å²) in [4.78, 5) is 38.4. The maximum atomic E-state index is 12.9. The number of rotatable bonds is 2. The van der Waals surface area contributed by atoms with E-state index in [-0.39, 0.29) is 12.4 Å². The zero-order valence-corrected chi connectivity index (χ0v) is 15.7. The Morgan fingerprint density at radius 1 is 1.11 bits per heavy atom. The SMILES string of the molecule is Cc1cccc(N2C(=O)NC(=O)/C(=C/c3cc4c(cc3Br)OCO4)C2=O)c1. The molecule has 2 aromatic rings. The van der Waals surface area contributed by atoms with Crippen LogP contribution in [0.25, 0.3) is 6.08 Å². The van der Waals surface area contributed by atoms with E-state index in [1.807, 2.05) is 13.0 Å². The number of barbiturate groups is 1. The van der Waals surface area contributed by atoms with Gasteiger partial charge in [-0.05, 0) is 48.4 Å². The molecule has 0 atom stereocenters. The van der Waals surface area contributed by atoms with Gasteiger partial charge in [0.05, 0.1) is 5.69 Å². The fraction of sp³-hybridized carbons (Fsp3) is 0.105. The first-order valence-corrected chi connectivity index (χ1v) is 8.80. The number of anilines is 1. The summed E-state index contributed by atoms with van der Waals surface area (Å²) in [7, 11) is 0. The minimum absolute atomic E-state index is 0.108. The Bertz CT molecular complexity index is 1030. The fourth-order valence-corrected chi connectivity index (χ4v) is 3.29. The van der Waals surface area contributed by atoms with E-state index in [0.29, 0.717) is 27.2 Å². The number of carbonyl (C=O) groups is 3.